The van der Waals surface area contributed by atoms with Crippen LogP contribution in [0.15, 0.2) is 42.7 Å². The summed E-state index contributed by atoms with van der Waals surface area (Å²) < 4.78 is 1.77. The van der Waals surface area contributed by atoms with E-state index in [1.807, 2.05) is 36.5 Å². The van der Waals surface area contributed by atoms with Crippen molar-refractivity contribution in [3.05, 3.63) is 48.3 Å². The summed E-state index contributed by atoms with van der Waals surface area (Å²) in [6.07, 6.45) is 5.77. The van der Waals surface area contributed by atoms with Crippen LogP contribution in [0.2, 0.25) is 0 Å². The number of nitrogens with one attached hydrogen (secondary N) is 2. The minimum absolute atomic E-state index is 0. The molecule has 1 fully saturated rings. The molecule has 112 valence electrons. The van der Waals surface area contributed by atoms with Crippen LogP contribution < -0.4 is 10.6 Å². The number of hydrogen-bond donors (Lipinski definition) is 2. The predicted molar refractivity (Wildman–Crippen MR) is 84.2 cm³/mol. The van der Waals surface area contributed by atoms with Crippen molar-refractivity contribution in [1.29, 1.82) is 0 Å². The van der Waals surface area contributed by atoms with Crippen LogP contribution in [0.1, 0.15) is 23.2 Å². The molecule has 2 N–H and O–H groups in total. The minimum atomic E-state index is -0.00860. The van der Waals surface area contributed by atoms with E-state index in [1.165, 1.54) is 0 Å². The van der Waals surface area contributed by atoms with Crippen molar-refractivity contribution in [2.24, 2.45) is 0 Å². The summed E-state index contributed by atoms with van der Waals surface area (Å²) in [7, 11) is 0. The van der Waals surface area contributed by atoms with Gasteiger partial charge in [0.15, 0.2) is 0 Å². The Kier molecular flexibility index (Phi) is 5.36. The maximum atomic E-state index is 12.1. The third-order valence-corrected chi connectivity index (χ3v) is 3.53. The fraction of sp³-hybridized carbons (Fsp3) is 0.333. The normalized spacial score (nSPS) is 17.8. The van der Waals surface area contributed by atoms with E-state index in [1.54, 1.807) is 10.9 Å². The first-order chi connectivity index (χ1) is 9.83. The van der Waals surface area contributed by atoms with Gasteiger partial charge in [0.05, 0.1) is 5.69 Å². The molecule has 2 aromatic rings. The van der Waals surface area contributed by atoms with Gasteiger partial charge >= 0.3 is 0 Å². The monoisotopic (exact) mass is 306 g/mol. The van der Waals surface area contributed by atoms with Crippen LogP contribution in [-0.4, -0.2) is 34.8 Å². The molecule has 2 heterocycles. The van der Waals surface area contributed by atoms with Crippen LogP contribution in [0.5, 0.6) is 0 Å². The van der Waals surface area contributed by atoms with Gasteiger partial charge in [-0.3, -0.25) is 4.79 Å². The van der Waals surface area contributed by atoms with Crippen LogP contribution >= 0.6 is 12.4 Å². The smallest absolute Gasteiger partial charge is 0.251 e. The number of carbonyl (C=O) groups is 1. The predicted octanol–water partition coefficient (Wildman–Crippen LogP) is 1.78. The third kappa shape index (κ3) is 3.83. The van der Waals surface area contributed by atoms with E-state index in [9.17, 15) is 4.79 Å². The van der Waals surface area contributed by atoms with E-state index in [4.69, 9.17) is 0 Å². The number of amides is 1. The number of carbonyl (C=O) groups excluding carboxylic acids is 1. The van der Waals surface area contributed by atoms with Crippen molar-refractivity contribution in [3.63, 3.8) is 0 Å². The average molecular weight is 307 g/mol. The Morgan fingerprint density at radius 1 is 1.33 bits per heavy atom. The molecule has 0 radical (unpaired) electrons. The van der Waals surface area contributed by atoms with E-state index in [-0.39, 0.29) is 24.4 Å². The summed E-state index contributed by atoms with van der Waals surface area (Å²) >= 11 is 0. The van der Waals surface area contributed by atoms with Gasteiger partial charge < -0.3 is 10.6 Å². The molecule has 0 bridgehead atoms. The van der Waals surface area contributed by atoms with E-state index in [0.29, 0.717) is 5.56 Å². The van der Waals surface area contributed by atoms with Gasteiger partial charge in [0.2, 0.25) is 0 Å². The molecule has 1 unspecified atom stereocenters. The van der Waals surface area contributed by atoms with Crippen molar-refractivity contribution in [2.75, 3.05) is 13.1 Å². The Labute approximate surface area is 130 Å². The lowest BCUT2D eigenvalue weighted by Gasteiger charge is -2.23. The highest BCUT2D eigenvalue weighted by atomic mass is 35.5. The van der Waals surface area contributed by atoms with Crippen molar-refractivity contribution < 1.29 is 4.79 Å². The molecule has 1 saturated heterocycles. The quantitative estimate of drug-likeness (QED) is 0.909. The van der Waals surface area contributed by atoms with E-state index in [2.05, 4.69) is 15.7 Å². The molecule has 0 spiro atoms. The minimum Gasteiger partial charge on any atom is -0.348 e. The van der Waals surface area contributed by atoms with E-state index >= 15 is 0 Å². The Morgan fingerprint density at radius 2 is 2.14 bits per heavy atom. The van der Waals surface area contributed by atoms with Gasteiger partial charge in [0.1, 0.15) is 0 Å². The first-order valence-corrected chi connectivity index (χ1v) is 6.94. The van der Waals surface area contributed by atoms with Crippen molar-refractivity contribution in [3.8, 4) is 5.69 Å². The second kappa shape index (κ2) is 7.24. The number of halogens is 1. The fourth-order valence-electron chi connectivity index (χ4n) is 2.43. The molecule has 0 aliphatic carbocycles. The van der Waals surface area contributed by atoms with Crippen molar-refractivity contribution >= 4 is 18.3 Å². The Balaban J connectivity index is 0.00000161. The SMILES string of the molecule is Cl.O=C(NC1CCCNC1)c1ccc(-n2cccn2)cc1. The van der Waals surface area contributed by atoms with Crippen LogP contribution in [-0.2, 0) is 0 Å². The first kappa shape index (κ1) is 15.5. The first-order valence-electron chi connectivity index (χ1n) is 6.94. The summed E-state index contributed by atoms with van der Waals surface area (Å²) in [4.78, 5) is 12.1. The van der Waals surface area contributed by atoms with Crippen LogP contribution in [0.25, 0.3) is 5.69 Å². The molecule has 1 aliphatic heterocycles. The van der Waals surface area contributed by atoms with Gasteiger partial charge in [-0.2, -0.15) is 5.10 Å². The van der Waals surface area contributed by atoms with Gasteiger partial charge in [-0.25, -0.2) is 4.68 Å². The standard InChI is InChI=1S/C15H18N4O.ClH/c20-15(18-13-3-1-8-16-11-13)12-4-6-14(7-5-12)19-10-2-9-17-19;/h2,4-7,9-10,13,16H,1,3,8,11H2,(H,18,20);1H. The maximum absolute atomic E-state index is 12.1. The van der Waals surface area contributed by atoms with Crippen molar-refractivity contribution in [2.45, 2.75) is 18.9 Å². The van der Waals surface area contributed by atoms with Crippen LogP contribution in [0.3, 0.4) is 0 Å². The topological polar surface area (TPSA) is 59.0 Å². The average Bonchev–Trinajstić information content (AvgIpc) is 3.03. The van der Waals surface area contributed by atoms with Gasteiger partial charge in [0.25, 0.3) is 5.91 Å². The molecule has 6 heteroatoms. The number of benzene rings is 1. The van der Waals surface area contributed by atoms with Gasteiger partial charge in [0, 0.05) is 30.5 Å². The molecular formula is C15H19ClN4O. The fourth-order valence-corrected chi connectivity index (χ4v) is 2.43. The molecule has 1 amide bonds. The van der Waals surface area contributed by atoms with E-state index in [0.717, 1.165) is 31.6 Å². The zero-order valence-electron chi connectivity index (χ0n) is 11.7. The number of nitrogens with zero attached hydrogens (tertiary/aromatic N) is 2. The third-order valence-electron chi connectivity index (χ3n) is 3.53. The molecule has 5 nitrogen and oxygen atoms in total. The lowest BCUT2D eigenvalue weighted by molar-refractivity contribution is 0.0930. The molecule has 0 saturated carbocycles. The molecule has 1 atom stereocenters. The largest absolute Gasteiger partial charge is 0.348 e. The maximum Gasteiger partial charge on any atom is 0.251 e. The molecule has 21 heavy (non-hydrogen) atoms. The second-order valence-electron chi connectivity index (χ2n) is 5.01. The number of piperidine rings is 1. The van der Waals surface area contributed by atoms with Crippen molar-refractivity contribution in [1.82, 2.24) is 20.4 Å². The van der Waals surface area contributed by atoms with Crippen LogP contribution in [0.4, 0.5) is 0 Å². The highest BCUT2D eigenvalue weighted by Gasteiger charge is 2.16. The second-order valence-corrected chi connectivity index (χ2v) is 5.01. The van der Waals surface area contributed by atoms with Gasteiger partial charge in [-0.05, 0) is 49.7 Å². The zero-order valence-corrected chi connectivity index (χ0v) is 12.5. The highest BCUT2D eigenvalue weighted by Crippen LogP contribution is 2.09. The summed E-state index contributed by atoms with van der Waals surface area (Å²) in [5, 5.41) is 10.5. The Hall–Kier alpha value is -1.85. The summed E-state index contributed by atoms with van der Waals surface area (Å²) in [6.45, 7) is 1.90. The highest BCUT2D eigenvalue weighted by molar-refractivity contribution is 5.94. The van der Waals surface area contributed by atoms with Crippen LogP contribution in [0, 0.1) is 0 Å². The lowest BCUT2D eigenvalue weighted by atomic mass is 10.1. The molecule has 1 aromatic heterocycles. The number of rotatable bonds is 3. The lowest BCUT2D eigenvalue weighted by Crippen LogP contribution is -2.45. The summed E-state index contributed by atoms with van der Waals surface area (Å²) in [5.41, 5.74) is 1.64. The molecule has 3 rings (SSSR count). The van der Waals surface area contributed by atoms with E-state index < -0.39 is 0 Å². The number of aromatic nitrogens is 2. The van der Waals surface area contributed by atoms with Gasteiger partial charge in [-0.1, -0.05) is 0 Å². The molecule has 1 aromatic carbocycles. The zero-order chi connectivity index (χ0) is 13.8. The number of hydrogen-bond acceptors (Lipinski definition) is 3. The molecule has 1 aliphatic rings. The molecular weight excluding hydrogens is 288 g/mol. The van der Waals surface area contributed by atoms with Gasteiger partial charge in [-0.15, -0.1) is 12.4 Å². The summed E-state index contributed by atoms with van der Waals surface area (Å²) in [5.74, 6) is -0.00860. The summed E-state index contributed by atoms with van der Waals surface area (Å²) in [6, 6.07) is 9.59. The Bertz CT molecular complexity index is 562. The Morgan fingerprint density at radius 3 is 2.76 bits per heavy atom.